The number of carbonyl (C=O) groups is 1. The van der Waals surface area contributed by atoms with Gasteiger partial charge in [0.05, 0.1) is 13.7 Å². The Morgan fingerprint density at radius 1 is 1.11 bits per heavy atom. The monoisotopic (exact) mass is 262 g/mol. The number of carbonyl (C=O) groups excluding carboxylic acids is 1. The molecule has 0 atom stereocenters. The largest absolute Gasteiger partial charge is 0.468 e. The molecule has 0 aromatic heterocycles. The van der Waals surface area contributed by atoms with Crippen molar-refractivity contribution in [3.8, 4) is 0 Å². The minimum atomic E-state index is -0.141. The summed E-state index contributed by atoms with van der Waals surface area (Å²) in [5, 5.41) is 0. The number of methoxy groups -OCH3 is 1. The number of ether oxygens (including phenoxy) is 1. The van der Waals surface area contributed by atoms with Crippen LogP contribution < -0.4 is 0 Å². The van der Waals surface area contributed by atoms with Crippen LogP contribution in [0.4, 0.5) is 0 Å². The van der Waals surface area contributed by atoms with Crippen LogP contribution in [-0.4, -0.2) is 62.1 Å². The number of nitrogens with zero attached hydrogens (tertiary/aromatic N) is 2. The molecule has 0 N–H and O–H groups in total. The SMILES string of the molecule is COC(=O)CN1CCN(CCc2ccccc2)CC1. The lowest BCUT2D eigenvalue weighted by Gasteiger charge is -2.33. The normalized spacial score (nSPS) is 17.3. The van der Waals surface area contributed by atoms with Crippen molar-refractivity contribution in [3.63, 3.8) is 0 Å². The van der Waals surface area contributed by atoms with Gasteiger partial charge in [-0.15, -0.1) is 0 Å². The lowest BCUT2D eigenvalue weighted by molar-refractivity contribution is -0.142. The molecule has 0 spiro atoms. The van der Waals surface area contributed by atoms with E-state index in [1.165, 1.54) is 12.7 Å². The molecule has 4 nitrogen and oxygen atoms in total. The highest BCUT2D eigenvalue weighted by Crippen LogP contribution is 2.05. The summed E-state index contributed by atoms with van der Waals surface area (Å²) in [5.74, 6) is -0.141. The molecule has 1 aromatic carbocycles. The second-order valence-corrected chi connectivity index (χ2v) is 4.93. The van der Waals surface area contributed by atoms with Crippen molar-refractivity contribution in [2.24, 2.45) is 0 Å². The molecule has 1 aliphatic rings. The molecular weight excluding hydrogens is 240 g/mol. The zero-order valence-electron chi connectivity index (χ0n) is 11.5. The van der Waals surface area contributed by atoms with E-state index in [0.717, 1.165) is 39.1 Å². The van der Waals surface area contributed by atoms with Crippen LogP contribution in [-0.2, 0) is 16.0 Å². The summed E-state index contributed by atoms with van der Waals surface area (Å²) in [6.07, 6.45) is 1.10. The van der Waals surface area contributed by atoms with Gasteiger partial charge >= 0.3 is 5.97 Å². The Balaban J connectivity index is 1.67. The summed E-state index contributed by atoms with van der Waals surface area (Å²) < 4.78 is 4.69. The molecule has 4 heteroatoms. The van der Waals surface area contributed by atoms with Gasteiger partial charge < -0.3 is 9.64 Å². The van der Waals surface area contributed by atoms with Crippen LogP contribution >= 0.6 is 0 Å². The van der Waals surface area contributed by atoms with Crippen LogP contribution in [0, 0.1) is 0 Å². The van der Waals surface area contributed by atoms with Gasteiger partial charge in [-0.2, -0.15) is 0 Å². The fourth-order valence-corrected chi connectivity index (χ4v) is 2.35. The van der Waals surface area contributed by atoms with Crippen molar-refractivity contribution in [1.29, 1.82) is 0 Å². The Morgan fingerprint density at radius 2 is 1.74 bits per heavy atom. The topological polar surface area (TPSA) is 32.8 Å². The van der Waals surface area contributed by atoms with Gasteiger partial charge in [-0.05, 0) is 12.0 Å². The lowest BCUT2D eigenvalue weighted by atomic mass is 10.1. The summed E-state index contributed by atoms with van der Waals surface area (Å²) in [6.45, 7) is 5.47. The summed E-state index contributed by atoms with van der Waals surface area (Å²) in [5.41, 5.74) is 1.39. The van der Waals surface area contributed by atoms with E-state index in [9.17, 15) is 4.79 Å². The van der Waals surface area contributed by atoms with Gasteiger partial charge in [0.15, 0.2) is 0 Å². The summed E-state index contributed by atoms with van der Waals surface area (Å²) >= 11 is 0. The molecule has 0 aliphatic carbocycles. The van der Waals surface area contributed by atoms with E-state index in [1.54, 1.807) is 0 Å². The zero-order valence-corrected chi connectivity index (χ0v) is 11.5. The number of hydrogen-bond donors (Lipinski definition) is 0. The number of esters is 1. The van der Waals surface area contributed by atoms with Crippen molar-refractivity contribution in [2.45, 2.75) is 6.42 Å². The number of hydrogen-bond acceptors (Lipinski definition) is 4. The first-order valence-corrected chi connectivity index (χ1v) is 6.83. The third kappa shape index (κ3) is 4.65. The maximum atomic E-state index is 11.2. The standard InChI is InChI=1S/C15H22N2O2/c1-19-15(18)13-17-11-9-16(10-12-17)8-7-14-5-3-2-4-6-14/h2-6H,7-13H2,1H3. The predicted molar refractivity (Wildman–Crippen MR) is 75.0 cm³/mol. The Morgan fingerprint density at radius 3 is 2.37 bits per heavy atom. The molecule has 1 aliphatic heterocycles. The van der Waals surface area contributed by atoms with E-state index in [0.29, 0.717) is 6.54 Å². The highest BCUT2D eigenvalue weighted by atomic mass is 16.5. The molecule has 0 saturated carbocycles. The maximum absolute atomic E-state index is 11.2. The fourth-order valence-electron chi connectivity index (χ4n) is 2.35. The van der Waals surface area contributed by atoms with E-state index < -0.39 is 0 Å². The Bertz CT molecular complexity index is 386. The zero-order chi connectivity index (χ0) is 13.5. The highest BCUT2D eigenvalue weighted by molar-refractivity contribution is 5.71. The van der Waals surface area contributed by atoms with Crippen molar-refractivity contribution >= 4 is 5.97 Å². The molecule has 0 radical (unpaired) electrons. The van der Waals surface area contributed by atoms with E-state index in [1.807, 2.05) is 0 Å². The van der Waals surface area contributed by atoms with Gasteiger partial charge in [-0.3, -0.25) is 9.69 Å². The van der Waals surface area contributed by atoms with Crippen LogP contribution in [0.5, 0.6) is 0 Å². The number of benzene rings is 1. The molecule has 0 amide bonds. The van der Waals surface area contributed by atoms with E-state index >= 15 is 0 Å². The van der Waals surface area contributed by atoms with Crippen LogP contribution in [0.2, 0.25) is 0 Å². The van der Waals surface area contributed by atoms with Gasteiger partial charge in [-0.1, -0.05) is 30.3 Å². The molecular formula is C15H22N2O2. The first-order valence-electron chi connectivity index (χ1n) is 6.83. The second-order valence-electron chi connectivity index (χ2n) is 4.93. The fraction of sp³-hybridized carbons (Fsp3) is 0.533. The van der Waals surface area contributed by atoms with Gasteiger partial charge in [0.1, 0.15) is 0 Å². The molecule has 1 fully saturated rings. The summed E-state index contributed by atoms with van der Waals surface area (Å²) in [7, 11) is 1.44. The maximum Gasteiger partial charge on any atom is 0.319 e. The average Bonchev–Trinajstić information content (AvgIpc) is 2.47. The van der Waals surface area contributed by atoms with Gasteiger partial charge in [-0.25, -0.2) is 0 Å². The quantitative estimate of drug-likeness (QED) is 0.742. The minimum Gasteiger partial charge on any atom is -0.468 e. The first kappa shape index (κ1) is 14.0. The molecule has 2 rings (SSSR count). The average molecular weight is 262 g/mol. The minimum absolute atomic E-state index is 0.141. The van der Waals surface area contributed by atoms with Crippen molar-refractivity contribution in [3.05, 3.63) is 35.9 Å². The summed E-state index contributed by atoms with van der Waals surface area (Å²) in [6, 6.07) is 10.6. The second kappa shape index (κ2) is 7.26. The van der Waals surface area contributed by atoms with E-state index in [2.05, 4.69) is 40.1 Å². The Kier molecular flexibility index (Phi) is 5.36. The smallest absolute Gasteiger partial charge is 0.319 e. The number of piperazine rings is 1. The van der Waals surface area contributed by atoms with Gasteiger partial charge in [0, 0.05) is 32.7 Å². The molecule has 1 aromatic rings. The number of rotatable bonds is 5. The van der Waals surface area contributed by atoms with Crippen molar-refractivity contribution in [2.75, 3.05) is 46.4 Å². The van der Waals surface area contributed by atoms with Gasteiger partial charge in [0.25, 0.3) is 0 Å². The van der Waals surface area contributed by atoms with Crippen molar-refractivity contribution < 1.29 is 9.53 Å². The molecule has 0 bridgehead atoms. The van der Waals surface area contributed by atoms with Crippen LogP contribution in [0.15, 0.2) is 30.3 Å². The molecule has 104 valence electrons. The molecule has 1 saturated heterocycles. The summed E-state index contributed by atoms with van der Waals surface area (Å²) in [4.78, 5) is 15.8. The van der Waals surface area contributed by atoms with Crippen molar-refractivity contribution in [1.82, 2.24) is 9.80 Å². The molecule has 19 heavy (non-hydrogen) atoms. The van der Waals surface area contributed by atoms with Crippen LogP contribution in [0.3, 0.4) is 0 Å². The third-order valence-electron chi connectivity index (χ3n) is 3.60. The van der Waals surface area contributed by atoms with Crippen LogP contribution in [0.1, 0.15) is 5.56 Å². The Hall–Kier alpha value is -1.39. The van der Waals surface area contributed by atoms with Crippen LogP contribution in [0.25, 0.3) is 0 Å². The Labute approximate surface area is 115 Å². The third-order valence-corrected chi connectivity index (χ3v) is 3.60. The predicted octanol–water partition coefficient (Wildman–Crippen LogP) is 1.02. The van der Waals surface area contributed by atoms with E-state index in [4.69, 9.17) is 4.74 Å². The van der Waals surface area contributed by atoms with E-state index in [-0.39, 0.29) is 5.97 Å². The first-order chi connectivity index (χ1) is 9.28. The molecule has 0 unspecified atom stereocenters. The highest BCUT2D eigenvalue weighted by Gasteiger charge is 2.18. The van der Waals surface area contributed by atoms with Gasteiger partial charge in [0.2, 0.25) is 0 Å². The lowest BCUT2D eigenvalue weighted by Crippen LogP contribution is -2.48. The molecule has 1 heterocycles.